The number of benzene rings is 1. The maximum absolute atomic E-state index is 9.19. The Balaban J connectivity index is 1.92. The molecule has 1 aromatic heterocycles. The molecule has 0 aliphatic rings. The topological polar surface area (TPSA) is 62.4 Å². The van der Waals surface area contributed by atoms with Crippen LogP contribution < -0.4 is 0 Å². The highest BCUT2D eigenvalue weighted by Crippen LogP contribution is 2.11. The van der Waals surface area contributed by atoms with Gasteiger partial charge in [-0.05, 0) is 5.56 Å². The molecule has 0 saturated carbocycles. The van der Waals surface area contributed by atoms with Crippen LogP contribution in [0.25, 0.3) is 6.08 Å². The first-order chi connectivity index (χ1) is 10.7. The Kier molecular flexibility index (Phi) is 6.30. The van der Waals surface area contributed by atoms with Gasteiger partial charge >= 0.3 is 0 Å². The van der Waals surface area contributed by atoms with Crippen molar-refractivity contribution in [2.75, 3.05) is 19.7 Å². The van der Waals surface area contributed by atoms with E-state index in [9.17, 15) is 5.11 Å². The lowest BCUT2D eigenvalue weighted by Gasteiger charge is -2.16. The van der Waals surface area contributed by atoms with Crippen molar-refractivity contribution in [3.63, 3.8) is 0 Å². The first-order valence-corrected chi connectivity index (χ1v) is 7.56. The molecule has 2 rings (SSSR count). The molecule has 1 aromatic carbocycles. The van der Waals surface area contributed by atoms with Crippen LogP contribution in [-0.2, 0) is 6.54 Å². The van der Waals surface area contributed by atoms with E-state index in [0.717, 1.165) is 17.9 Å². The van der Waals surface area contributed by atoms with Gasteiger partial charge in [0.25, 0.3) is 0 Å². The lowest BCUT2D eigenvalue weighted by atomic mass is 10.2. The number of aliphatic hydroxyl groups excluding tert-OH is 1. The van der Waals surface area contributed by atoms with Crippen LogP contribution in [0.2, 0.25) is 0 Å². The molecule has 0 atom stereocenters. The summed E-state index contributed by atoms with van der Waals surface area (Å²) in [5.41, 5.74) is 1.16. The van der Waals surface area contributed by atoms with Crippen LogP contribution in [0, 0.1) is 0 Å². The number of aliphatic hydroxyl groups is 1. The standard InChI is InChI=1S/C17H23N3O2/c1-14(2)17-18-16(22-19-17)13-20(11-12-21)10-6-9-15-7-4-3-5-8-15/h3-9,14,21H,10-13H2,1-2H3/b9-6+. The summed E-state index contributed by atoms with van der Waals surface area (Å²) in [6.07, 6.45) is 4.14. The maximum Gasteiger partial charge on any atom is 0.240 e. The van der Waals surface area contributed by atoms with Gasteiger partial charge in [-0.15, -0.1) is 0 Å². The van der Waals surface area contributed by atoms with Crippen molar-refractivity contribution < 1.29 is 9.63 Å². The number of aromatic nitrogens is 2. The molecule has 0 fully saturated rings. The van der Waals surface area contributed by atoms with E-state index < -0.39 is 0 Å². The van der Waals surface area contributed by atoms with E-state index in [1.54, 1.807) is 0 Å². The smallest absolute Gasteiger partial charge is 0.240 e. The molecule has 0 amide bonds. The summed E-state index contributed by atoms with van der Waals surface area (Å²) in [6, 6.07) is 10.1. The van der Waals surface area contributed by atoms with Gasteiger partial charge in [0.2, 0.25) is 5.89 Å². The predicted octanol–water partition coefficient (Wildman–Crippen LogP) is 2.70. The third kappa shape index (κ3) is 5.09. The Bertz CT molecular complexity index is 579. The molecule has 0 radical (unpaired) electrons. The molecule has 0 unspecified atom stereocenters. The van der Waals surface area contributed by atoms with Gasteiger partial charge in [0, 0.05) is 19.0 Å². The predicted molar refractivity (Wildman–Crippen MR) is 86.2 cm³/mol. The average Bonchev–Trinajstić information content (AvgIpc) is 2.97. The minimum atomic E-state index is 0.102. The lowest BCUT2D eigenvalue weighted by molar-refractivity contribution is 0.186. The monoisotopic (exact) mass is 301 g/mol. The number of nitrogens with zero attached hydrogens (tertiary/aromatic N) is 3. The average molecular weight is 301 g/mol. The molecule has 5 nitrogen and oxygen atoms in total. The molecule has 22 heavy (non-hydrogen) atoms. The fourth-order valence-electron chi connectivity index (χ4n) is 2.04. The Hall–Kier alpha value is -1.98. The Morgan fingerprint density at radius 2 is 2.05 bits per heavy atom. The highest BCUT2D eigenvalue weighted by atomic mass is 16.5. The second-order valence-electron chi connectivity index (χ2n) is 5.47. The molecule has 1 heterocycles. The van der Waals surface area contributed by atoms with Crippen LogP contribution in [-0.4, -0.2) is 39.8 Å². The van der Waals surface area contributed by atoms with E-state index in [1.807, 2.05) is 32.0 Å². The fraction of sp³-hybridized carbons (Fsp3) is 0.412. The summed E-state index contributed by atoms with van der Waals surface area (Å²) in [5, 5.41) is 13.2. The third-order valence-corrected chi connectivity index (χ3v) is 3.25. The zero-order chi connectivity index (χ0) is 15.8. The van der Waals surface area contributed by atoms with Crippen LogP contribution in [0.4, 0.5) is 0 Å². The van der Waals surface area contributed by atoms with E-state index in [2.05, 4.69) is 39.3 Å². The van der Waals surface area contributed by atoms with Gasteiger partial charge in [-0.25, -0.2) is 0 Å². The van der Waals surface area contributed by atoms with Crippen LogP contribution >= 0.6 is 0 Å². The van der Waals surface area contributed by atoms with Gasteiger partial charge in [-0.3, -0.25) is 4.90 Å². The van der Waals surface area contributed by atoms with Crippen LogP contribution in [0.1, 0.15) is 37.0 Å². The lowest BCUT2D eigenvalue weighted by Crippen LogP contribution is -2.26. The number of hydrogen-bond acceptors (Lipinski definition) is 5. The number of rotatable bonds is 8. The van der Waals surface area contributed by atoms with E-state index in [1.165, 1.54) is 0 Å². The van der Waals surface area contributed by atoms with E-state index in [0.29, 0.717) is 19.0 Å². The van der Waals surface area contributed by atoms with Gasteiger partial charge in [-0.2, -0.15) is 4.98 Å². The molecule has 0 saturated heterocycles. The van der Waals surface area contributed by atoms with Crippen molar-refractivity contribution in [2.45, 2.75) is 26.3 Å². The fourth-order valence-corrected chi connectivity index (χ4v) is 2.04. The van der Waals surface area contributed by atoms with Gasteiger partial charge in [-0.1, -0.05) is 61.5 Å². The van der Waals surface area contributed by atoms with Crippen LogP contribution in [0.3, 0.4) is 0 Å². The molecule has 0 bridgehead atoms. The second kappa shape index (κ2) is 8.46. The molecule has 5 heteroatoms. The summed E-state index contributed by atoms with van der Waals surface area (Å²) in [6.45, 7) is 5.99. The number of hydrogen-bond donors (Lipinski definition) is 1. The molecule has 2 aromatic rings. The zero-order valence-corrected chi connectivity index (χ0v) is 13.1. The highest BCUT2D eigenvalue weighted by molar-refractivity contribution is 5.48. The van der Waals surface area contributed by atoms with Crippen molar-refractivity contribution in [1.29, 1.82) is 0 Å². The molecular formula is C17H23N3O2. The van der Waals surface area contributed by atoms with Crippen molar-refractivity contribution in [2.24, 2.45) is 0 Å². The summed E-state index contributed by atoms with van der Waals surface area (Å²) >= 11 is 0. The SMILES string of the molecule is CC(C)c1noc(CN(C/C=C/c2ccccc2)CCO)n1. The maximum atomic E-state index is 9.19. The van der Waals surface area contributed by atoms with E-state index >= 15 is 0 Å². The normalized spacial score (nSPS) is 11.9. The van der Waals surface area contributed by atoms with Crippen molar-refractivity contribution >= 4 is 6.08 Å². The Morgan fingerprint density at radius 3 is 2.68 bits per heavy atom. The third-order valence-electron chi connectivity index (χ3n) is 3.25. The van der Waals surface area contributed by atoms with Crippen LogP contribution in [0.15, 0.2) is 40.9 Å². The molecule has 0 aliphatic heterocycles. The van der Waals surface area contributed by atoms with E-state index in [4.69, 9.17) is 4.52 Å². The molecule has 0 aliphatic carbocycles. The molecular weight excluding hydrogens is 278 g/mol. The quantitative estimate of drug-likeness (QED) is 0.812. The molecule has 0 spiro atoms. The van der Waals surface area contributed by atoms with Gasteiger partial charge in [0.15, 0.2) is 5.82 Å². The Labute approximate surface area is 131 Å². The zero-order valence-electron chi connectivity index (χ0n) is 13.1. The first kappa shape index (κ1) is 16.4. The molecule has 1 N–H and O–H groups in total. The summed E-state index contributed by atoms with van der Waals surface area (Å²) < 4.78 is 5.26. The van der Waals surface area contributed by atoms with Crippen molar-refractivity contribution in [1.82, 2.24) is 15.0 Å². The minimum absolute atomic E-state index is 0.102. The second-order valence-corrected chi connectivity index (χ2v) is 5.47. The van der Waals surface area contributed by atoms with Crippen molar-refractivity contribution in [3.05, 3.63) is 53.7 Å². The summed E-state index contributed by atoms with van der Waals surface area (Å²) in [4.78, 5) is 6.44. The highest BCUT2D eigenvalue weighted by Gasteiger charge is 2.12. The van der Waals surface area contributed by atoms with Gasteiger partial charge in [0.05, 0.1) is 13.2 Å². The summed E-state index contributed by atoms with van der Waals surface area (Å²) in [7, 11) is 0. The Morgan fingerprint density at radius 1 is 1.27 bits per heavy atom. The van der Waals surface area contributed by atoms with E-state index in [-0.39, 0.29) is 12.5 Å². The van der Waals surface area contributed by atoms with Crippen molar-refractivity contribution in [3.8, 4) is 0 Å². The molecule has 118 valence electrons. The first-order valence-electron chi connectivity index (χ1n) is 7.56. The largest absolute Gasteiger partial charge is 0.395 e. The summed E-state index contributed by atoms with van der Waals surface area (Å²) in [5.74, 6) is 1.56. The van der Waals surface area contributed by atoms with Crippen LogP contribution in [0.5, 0.6) is 0 Å². The minimum Gasteiger partial charge on any atom is -0.395 e. The van der Waals surface area contributed by atoms with Gasteiger partial charge in [0.1, 0.15) is 0 Å². The van der Waals surface area contributed by atoms with Gasteiger partial charge < -0.3 is 9.63 Å².